The van der Waals surface area contributed by atoms with E-state index in [-0.39, 0.29) is 30.0 Å². The van der Waals surface area contributed by atoms with Crippen molar-refractivity contribution < 1.29 is 14.3 Å². The van der Waals surface area contributed by atoms with E-state index in [1.165, 1.54) is 0 Å². The lowest BCUT2D eigenvalue weighted by molar-refractivity contribution is -0.126. The molecular weight excluding hydrogens is 330 g/mol. The summed E-state index contributed by atoms with van der Waals surface area (Å²) in [7, 11) is 0. The van der Waals surface area contributed by atoms with Crippen LogP contribution in [-0.4, -0.2) is 48.6 Å². The second kappa shape index (κ2) is 7.98. The van der Waals surface area contributed by atoms with E-state index in [1.807, 2.05) is 47.9 Å². The summed E-state index contributed by atoms with van der Waals surface area (Å²) >= 11 is 0. The zero-order chi connectivity index (χ0) is 18.7. The van der Waals surface area contributed by atoms with E-state index in [4.69, 9.17) is 4.74 Å². The molecule has 3 amide bonds. The highest BCUT2D eigenvalue weighted by molar-refractivity contribution is 5.94. The van der Waals surface area contributed by atoms with Gasteiger partial charge in [0, 0.05) is 25.0 Å². The molecule has 1 saturated heterocycles. The Bertz CT molecular complexity index is 653. The topological polar surface area (TPSA) is 61.9 Å². The summed E-state index contributed by atoms with van der Waals surface area (Å²) < 4.78 is 5.97. The maximum Gasteiger partial charge on any atom is 0.324 e. The van der Waals surface area contributed by atoms with Crippen molar-refractivity contribution in [2.45, 2.75) is 52.2 Å². The number of para-hydroxylation sites is 2. The van der Waals surface area contributed by atoms with Gasteiger partial charge < -0.3 is 15.0 Å². The summed E-state index contributed by atoms with van der Waals surface area (Å²) in [4.78, 5) is 29.0. The molecule has 6 heteroatoms. The number of nitrogens with one attached hydrogen (secondary N) is 1. The number of piperidine rings is 1. The van der Waals surface area contributed by atoms with Crippen LogP contribution in [0.4, 0.5) is 10.5 Å². The lowest BCUT2D eigenvalue weighted by atomic mass is 9.96. The van der Waals surface area contributed by atoms with Crippen LogP contribution in [0.15, 0.2) is 24.3 Å². The van der Waals surface area contributed by atoms with E-state index in [0.29, 0.717) is 32.5 Å². The average molecular weight is 359 g/mol. The molecule has 0 aromatic heterocycles. The maximum absolute atomic E-state index is 13.1. The first-order valence-corrected chi connectivity index (χ1v) is 9.62. The number of anilines is 1. The first-order valence-electron chi connectivity index (χ1n) is 9.62. The molecule has 1 unspecified atom stereocenters. The number of likely N-dealkylation sites (tertiary alicyclic amines) is 1. The van der Waals surface area contributed by atoms with E-state index in [2.05, 4.69) is 12.2 Å². The molecule has 0 spiro atoms. The predicted molar refractivity (Wildman–Crippen MR) is 101 cm³/mol. The number of rotatable bonds is 3. The van der Waals surface area contributed by atoms with Gasteiger partial charge in [0.1, 0.15) is 11.9 Å². The number of fused-ring (bicyclic) bond motifs is 1. The largest absolute Gasteiger partial charge is 0.486 e. The van der Waals surface area contributed by atoms with Crippen LogP contribution >= 0.6 is 0 Å². The van der Waals surface area contributed by atoms with Crippen molar-refractivity contribution in [3.05, 3.63) is 24.3 Å². The van der Waals surface area contributed by atoms with Crippen LogP contribution in [0.3, 0.4) is 0 Å². The Balaban J connectivity index is 1.66. The minimum atomic E-state index is 0.00168. The van der Waals surface area contributed by atoms with Gasteiger partial charge in [0.2, 0.25) is 5.91 Å². The number of benzene rings is 1. The van der Waals surface area contributed by atoms with Crippen LogP contribution in [0, 0.1) is 5.92 Å². The van der Waals surface area contributed by atoms with Crippen molar-refractivity contribution in [1.29, 1.82) is 0 Å². The third kappa shape index (κ3) is 3.94. The van der Waals surface area contributed by atoms with Crippen molar-refractivity contribution >= 4 is 17.6 Å². The van der Waals surface area contributed by atoms with Gasteiger partial charge in [-0.2, -0.15) is 0 Å². The molecule has 0 radical (unpaired) electrons. The Morgan fingerprint density at radius 3 is 2.58 bits per heavy atom. The van der Waals surface area contributed by atoms with Gasteiger partial charge in [-0.3, -0.25) is 9.69 Å². The van der Waals surface area contributed by atoms with Crippen LogP contribution < -0.4 is 15.0 Å². The van der Waals surface area contributed by atoms with Crippen molar-refractivity contribution in [1.82, 2.24) is 10.2 Å². The first kappa shape index (κ1) is 18.5. The van der Waals surface area contributed by atoms with Crippen molar-refractivity contribution in [2.24, 2.45) is 5.92 Å². The normalized spacial score (nSPS) is 20.5. The van der Waals surface area contributed by atoms with Crippen LogP contribution in [0.5, 0.6) is 5.75 Å². The molecule has 26 heavy (non-hydrogen) atoms. The first-order chi connectivity index (χ1) is 12.5. The summed E-state index contributed by atoms with van der Waals surface area (Å²) in [6.07, 6.45) is 2.31. The SMILES string of the molecule is CCC1CN(C(=O)N2CCC(C(=O)NC(C)C)CC2)c2ccccc2O1. The van der Waals surface area contributed by atoms with Crippen LogP contribution in [0.1, 0.15) is 40.0 Å². The summed E-state index contributed by atoms with van der Waals surface area (Å²) in [5, 5.41) is 2.98. The van der Waals surface area contributed by atoms with Gasteiger partial charge in [-0.25, -0.2) is 4.79 Å². The number of ether oxygens (including phenoxy) is 1. The highest BCUT2D eigenvalue weighted by Crippen LogP contribution is 2.34. The van der Waals surface area contributed by atoms with Crippen molar-refractivity contribution in [2.75, 3.05) is 24.5 Å². The van der Waals surface area contributed by atoms with Crippen LogP contribution in [0.2, 0.25) is 0 Å². The second-order valence-corrected chi connectivity index (χ2v) is 7.43. The maximum atomic E-state index is 13.1. The molecule has 0 saturated carbocycles. The molecular formula is C20H29N3O3. The Morgan fingerprint density at radius 2 is 1.92 bits per heavy atom. The third-order valence-electron chi connectivity index (χ3n) is 5.09. The fourth-order valence-corrected chi connectivity index (χ4v) is 3.60. The van der Waals surface area contributed by atoms with Gasteiger partial charge in [-0.15, -0.1) is 0 Å². The molecule has 0 aliphatic carbocycles. The molecule has 0 bridgehead atoms. The number of carbonyl (C=O) groups is 2. The minimum Gasteiger partial charge on any atom is -0.486 e. The number of hydrogen-bond acceptors (Lipinski definition) is 3. The molecule has 6 nitrogen and oxygen atoms in total. The Morgan fingerprint density at radius 1 is 1.23 bits per heavy atom. The molecule has 1 atom stereocenters. The fourth-order valence-electron chi connectivity index (χ4n) is 3.60. The molecule has 1 aromatic rings. The van der Waals surface area contributed by atoms with E-state index >= 15 is 0 Å². The third-order valence-corrected chi connectivity index (χ3v) is 5.09. The van der Waals surface area contributed by atoms with E-state index < -0.39 is 0 Å². The lowest BCUT2D eigenvalue weighted by Crippen LogP contribution is -2.52. The highest BCUT2D eigenvalue weighted by atomic mass is 16.5. The van der Waals surface area contributed by atoms with Gasteiger partial charge in [0.05, 0.1) is 12.2 Å². The van der Waals surface area contributed by atoms with Gasteiger partial charge in [0.15, 0.2) is 0 Å². The quantitative estimate of drug-likeness (QED) is 0.902. The molecule has 2 aliphatic rings. The highest BCUT2D eigenvalue weighted by Gasteiger charge is 2.34. The number of urea groups is 1. The zero-order valence-corrected chi connectivity index (χ0v) is 15.9. The van der Waals surface area contributed by atoms with E-state index in [0.717, 1.165) is 17.9 Å². The summed E-state index contributed by atoms with van der Waals surface area (Å²) in [6.45, 7) is 7.81. The zero-order valence-electron chi connectivity index (χ0n) is 15.9. The van der Waals surface area contributed by atoms with Crippen LogP contribution in [-0.2, 0) is 4.79 Å². The van der Waals surface area contributed by atoms with E-state index in [1.54, 1.807) is 0 Å². The lowest BCUT2D eigenvalue weighted by Gasteiger charge is -2.39. The van der Waals surface area contributed by atoms with Gasteiger partial charge in [0.25, 0.3) is 0 Å². The number of hydrogen-bond donors (Lipinski definition) is 1. The fraction of sp³-hybridized carbons (Fsp3) is 0.600. The summed E-state index contributed by atoms with van der Waals surface area (Å²) in [5.41, 5.74) is 0.835. The number of carbonyl (C=O) groups excluding carboxylic acids is 2. The van der Waals surface area contributed by atoms with Crippen LogP contribution in [0.25, 0.3) is 0 Å². The molecule has 1 N–H and O–H groups in total. The van der Waals surface area contributed by atoms with Gasteiger partial charge in [-0.1, -0.05) is 19.1 Å². The van der Waals surface area contributed by atoms with Crippen molar-refractivity contribution in [3.8, 4) is 5.75 Å². The summed E-state index contributed by atoms with van der Waals surface area (Å²) in [5.74, 6) is 0.877. The molecule has 2 heterocycles. The predicted octanol–water partition coefficient (Wildman–Crippen LogP) is 3.02. The second-order valence-electron chi connectivity index (χ2n) is 7.43. The van der Waals surface area contributed by atoms with Crippen molar-refractivity contribution in [3.63, 3.8) is 0 Å². The summed E-state index contributed by atoms with van der Waals surface area (Å²) in [6, 6.07) is 7.87. The Kier molecular flexibility index (Phi) is 5.69. The average Bonchev–Trinajstić information content (AvgIpc) is 2.66. The smallest absolute Gasteiger partial charge is 0.324 e. The number of nitrogens with zero attached hydrogens (tertiary/aromatic N) is 2. The standard InChI is InChI=1S/C20H29N3O3/c1-4-16-13-23(17-7-5-6-8-18(17)26-16)20(25)22-11-9-15(10-12-22)19(24)21-14(2)3/h5-8,14-16H,4,9-13H2,1-3H3,(H,21,24). The number of amides is 3. The Hall–Kier alpha value is -2.24. The molecule has 2 aliphatic heterocycles. The Labute approximate surface area is 155 Å². The molecule has 1 fully saturated rings. The minimum absolute atomic E-state index is 0.00168. The monoisotopic (exact) mass is 359 g/mol. The van der Waals surface area contributed by atoms with E-state index in [9.17, 15) is 9.59 Å². The van der Waals surface area contributed by atoms with Gasteiger partial charge in [-0.05, 0) is 45.2 Å². The molecule has 1 aromatic carbocycles. The molecule has 3 rings (SSSR count). The van der Waals surface area contributed by atoms with Gasteiger partial charge >= 0.3 is 6.03 Å². The molecule has 142 valence electrons.